The fraction of sp³-hybridized carbons (Fsp3) is 1.00. The molecule has 0 aromatic carbocycles. The number of hydrogen-bond acceptors (Lipinski definition) is 10. The number of aliphatic hydroxyl groups excluding tert-OH is 7. The highest BCUT2D eigenvalue weighted by Crippen LogP contribution is 2.37. The lowest BCUT2D eigenvalue weighted by molar-refractivity contribution is -0.326. The molecule has 2 rings (SSSR count). The summed E-state index contributed by atoms with van der Waals surface area (Å²) in [6, 6.07) is 0. The summed E-state index contributed by atoms with van der Waals surface area (Å²) in [7, 11) is 0. The van der Waals surface area contributed by atoms with Crippen molar-refractivity contribution in [3.63, 3.8) is 0 Å². The van der Waals surface area contributed by atoms with Crippen LogP contribution in [-0.2, 0) is 9.47 Å². The Hall–Kier alpha value is -0.400. The van der Waals surface area contributed by atoms with Crippen molar-refractivity contribution in [1.82, 2.24) is 0 Å². The molecule has 10 nitrogen and oxygen atoms in total. The van der Waals surface area contributed by atoms with Crippen LogP contribution in [0.2, 0.25) is 0 Å². The average molecular weight is 354 g/mol. The van der Waals surface area contributed by atoms with E-state index >= 15 is 0 Å². The van der Waals surface area contributed by atoms with Crippen LogP contribution >= 0.6 is 0 Å². The maximum atomic E-state index is 10.8. The largest absolute Gasteiger partial charge is 0.394 e. The van der Waals surface area contributed by atoms with Gasteiger partial charge in [-0.25, -0.2) is 0 Å². The molecule has 142 valence electrons. The van der Waals surface area contributed by atoms with Crippen molar-refractivity contribution in [2.75, 3.05) is 6.61 Å². The van der Waals surface area contributed by atoms with Crippen LogP contribution in [0.1, 0.15) is 13.8 Å². The Morgan fingerprint density at radius 2 is 1.46 bits per heavy atom. The summed E-state index contributed by atoms with van der Waals surface area (Å²) in [5.74, 6) is 0. The fourth-order valence-electron chi connectivity index (χ4n) is 3.37. The highest BCUT2D eigenvalue weighted by molar-refractivity contribution is 5.11. The van der Waals surface area contributed by atoms with Crippen LogP contribution in [0.3, 0.4) is 0 Å². The van der Waals surface area contributed by atoms with Crippen LogP contribution in [0.5, 0.6) is 0 Å². The summed E-state index contributed by atoms with van der Waals surface area (Å²) in [6.07, 6.45) is -15.4. The summed E-state index contributed by atoms with van der Waals surface area (Å²) in [5, 5.41) is 80.6. The average Bonchev–Trinajstić information content (AvgIpc) is 2.56. The number of ether oxygens (including phenoxy) is 2. The van der Waals surface area contributed by atoms with Crippen LogP contribution in [-0.4, -0.2) is 114 Å². The van der Waals surface area contributed by atoms with E-state index in [0.29, 0.717) is 0 Å². The van der Waals surface area contributed by atoms with E-state index in [1.165, 1.54) is 13.8 Å². The van der Waals surface area contributed by atoms with Gasteiger partial charge in [0.15, 0.2) is 0 Å². The molecule has 2 aliphatic heterocycles. The summed E-state index contributed by atoms with van der Waals surface area (Å²) in [6.45, 7) is 2.08. The van der Waals surface area contributed by atoms with Crippen LogP contribution in [0.4, 0.5) is 0 Å². The molecule has 0 saturated carbocycles. The van der Waals surface area contributed by atoms with Gasteiger partial charge in [0.1, 0.15) is 54.4 Å². The molecule has 0 amide bonds. The number of rotatable bonds is 3. The van der Waals surface area contributed by atoms with Gasteiger partial charge < -0.3 is 50.3 Å². The van der Waals surface area contributed by atoms with E-state index in [-0.39, 0.29) is 0 Å². The molecular weight excluding hydrogens is 328 g/mol. The van der Waals surface area contributed by atoms with Crippen molar-refractivity contribution >= 4 is 0 Å². The molecular formula is C14H26O10. The predicted octanol–water partition coefficient (Wildman–Crippen LogP) is -4.55. The van der Waals surface area contributed by atoms with Crippen molar-refractivity contribution in [3.05, 3.63) is 0 Å². The van der Waals surface area contributed by atoms with E-state index < -0.39 is 73.2 Å². The lowest BCUT2D eigenvalue weighted by Gasteiger charge is -2.52. The molecule has 0 radical (unpaired) electrons. The molecule has 2 saturated heterocycles. The first-order valence-electron chi connectivity index (χ1n) is 7.79. The number of aliphatic hydroxyl groups is 8. The van der Waals surface area contributed by atoms with Crippen LogP contribution in [0.25, 0.3) is 0 Å². The van der Waals surface area contributed by atoms with Gasteiger partial charge in [0.05, 0.1) is 18.8 Å². The van der Waals surface area contributed by atoms with E-state index in [1.807, 2.05) is 0 Å². The SMILES string of the molecule is CC1OC(C(O)C2(O)C(O)C(C)OC(CO)C2O)C(O)C(O)C1O. The second-order valence-electron chi connectivity index (χ2n) is 6.56. The van der Waals surface area contributed by atoms with Gasteiger partial charge in [0.25, 0.3) is 0 Å². The minimum absolute atomic E-state index is 0.681. The Bertz CT molecular complexity index is 436. The highest BCUT2D eigenvalue weighted by Gasteiger charge is 2.61. The number of hydrogen-bond donors (Lipinski definition) is 8. The van der Waals surface area contributed by atoms with Gasteiger partial charge in [-0.05, 0) is 13.8 Å². The van der Waals surface area contributed by atoms with Crippen molar-refractivity contribution in [3.8, 4) is 0 Å². The molecule has 11 atom stereocenters. The van der Waals surface area contributed by atoms with E-state index in [0.717, 1.165) is 0 Å². The molecule has 0 aliphatic carbocycles. The van der Waals surface area contributed by atoms with Crippen molar-refractivity contribution < 1.29 is 50.3 Å². The molecule has 2 aliphatic rings. The molecule has 2 fully saturated rings. The summed E-state index contributed by atoms with van der Waals surface area (Å²) < 4.78 is 10.4. The zero-order chi connectivity index (χ0) is 18.4. The lowest BCUT2D eigenvalue weighted by atomic mass is 9.74. The van der Waals surface area contributed by atoms with Gasteiger partial charge in [-0.3, -0.25) is 0 Å². The maximum absolute atomic E-state index is 10.8. The molecule has 0 aromatic heterocycles. The highest BCUT2D eigenvalue weighted by atomic mass is 16.6. The predicted molar refractivity (Wildman–Crippen MR) is 76.7 cm³/mol. The zero-order valence-electron chi connectivity index (χ0n) is 13.4. The maximum Gasteiger partial charge on any atom is 0.150 e. The molecule has 24 heavy (non-hydrogen) atoms. The summed E-state index contributed by atoms with van der Waals surface area (Å²) in [5.41, 5.74) is -2.60. The second-order valence-corrected chi connectivity index (χ2v) is 6.56. The van der Waals surface area contributed by atoms with Crippen molar-refractivity contribution in [1.29, 1.82) is 0 Å². The van der Waals surface area contributed by atoms with E-state index in [1.54, 1.807) is 0 Å². The van der Waals surface area contributed by atoms with Crippen molar-refractivity contribution in [2.24, 2.45) is 0 Å². The molecule has 0 aromatic rings. The fourth-order valence-corrected chi connectivity index (χ4v) is 3.37. The first-order chi connectivity index (χ1) is 11.1. The Balaban J connectivity index is 2.32. The van der Waals surface area contributed by atoms with Gasteiger partial charge in [-0.15, -0.1) is 0 Å². The Morgan fingerprint density at radius 1 is 0.875 bits per heavy atom. The van der Waals surface area contributed by atoms with Gasteiger partial charge >= 0.3 is 0 Å². The van der Waals surface area contributed by atoms with E-state index in [2.05, 4.69) is 0 Å². The monoisotopic (exact) mass is 354 g/mol. The Labute approximate surface area is 138 Å². The Morgan fingerprint density at radius 3 is 2.00 bits per heavy atom. The summed E-state index contributed by atoms with van der Waals surface area (Å²) in [4.78, 5) is 0. The van der Waals surface area contributed by atoms with Gasteiger partial charge in [-0.1, -0.05) is 0 Å². The minimum atomic E-state index is -2.60. The van der Waals surface area contributed by atoms with Crippen LogP contribution in [0.15, 0.2) is 0 Å². The van der Waals surface area contributed by atoms with E-state index in [4.69, 9.17) is 9.47 Å². The second kappa shape index (κ2) is 7.08. The Kier molecular flexibility index (Phi) is 5.87. The van der Waals surface area contributed by atoms with Crippen molar-refractivity contribution in [2.45, 2.75) is 80.5 Å². The summed E-state index contributed by atoms with van der Waals surface area (Å²) >= 11 is 0. The molecule has 2 heterocycles. The standard InChI is InChI=1S/C14H26O10/c1-4-7(16)8(17)9(18)10(24-4)13(21)14(22)11(19)5(2)23-6(3-15)12(14)20/h4-13,15-22H,3H2,1-2H3. The third kappa shape index (κ3) is 2.97. The molecule has 0 bridgehead atoms. The first-order valence-corrected chi connectivity index (χ1v) is 7.79. The van der Waals surface area contributed by atoms with Crippen LogP contribution < -0.4 is 0 Å². The molecule has 10 heteroatoms. The van der Waals surface area contributed by atoms with Gasteiger partial charge in [0.2, 0.25) is 0 Å². The molecule has 8 N–H and O–H groups in total. The first kappa shape index (κ1) is 19.9. The minimum Gasteiger partial charge on any atom is -0.394 e. The molecule has 0 spiro atoms. The van der Waals surface area contributed by atoms with Gasteiger partial charge in [0, 0.05) is 0 Å². The zero-order valence-corrected chi connectivity index (χ0v) is 13.4. The third-order valence-corrected chi connectivity index (χ3v) is 4.99. The smallest absolute Gasteiger partial charge is 0.150 e. The quantitative estimate of drug-likeness (QED) is 0.246. The lowest BCUT2D eigenvalue weighted by Crippen LogP contribution is -2.75. The van der Waals surface area contributed by atoms with Crippen LogP contribution in [0, 0.1) is 0 Å². The molecule has 11 unspecified atom stereocenters. The van der Waals surface area contributed by atoms with Gasteiger partial charge in [-0.2, -0.15) is 0 Å². The topological polar surface area (TPSA) is 180 Å². The van der Waals surface area contributed by atoms with E-state index in [9.17, 15) is 40.9 Å². The third-order valence-electron chi connectivity index (χ3n) is 4.99. The normalized spacial score (nSPS) is 54.5.